The van der Waals surface area contributed by atoms with Crippen LogP contribution in [0.15, 0.2) is 10.9 Å². The Morgan fingerprint density at radius 3 is 2.88 bits per heavy atom. The maximum Gasteiger partial charge on any atom is 0.347 e. The summed E-state index contributed by atoms with van der Waals surface area (Å²) in [7, 11) is 1.88. The van der Waals surface area contributed by atoms with Gasteiger partial charge in [-0.25, -0.2) is 14.8 Å². The van der Waals surface area contributed by atoms with Crippen LogP contribution in [0.1, 0.15) is 21.1 Å². The molecule has 1 N–H and O–H groups in total. The number of aromatic carboxylic acids is 1. The lowest BCUT2D eigenvalue weighted by molar-refractivity contribution is 0.0701. The molecular weight excluding hydrogens is 258 g/mol. The Morgan fingerprint density at radius 1 is 1.59 bits per heavy atom. The number of thiazole rings is 2. The molecule has 2 aromatic heterocycles. The highest BCUT2D eigenvalue weighted by atomic mass is 32.1. The van der Waals surface area contributed by atoms with E-state index in [4.69, 9.17) is 5.11 Å². The maximum atomic E-state index is 10.9. The smallest absolute Gasteiger partial charge is 0.347 e. The van der Waals surface area contributed by atoms with Gasteiger partial charge >= 0.3 is 5.97 Å². The van der Waals surface area contributed by atoms with Gasteiger partial charge in [0.25, 0.3) is 0 Å². The van der Waals surface area contributed by atoms with Crippen LogP contribution in [0.2, 0.25) is 0 Å². The molecule has 17 heavy (non-hydrogen) atoms. The molecule has 0 amide bonds. The topological polar surface area (TPSA) is 66.3 Å². The van der Waals surface area contributed by atoms with Crippen molar-refractivity contribution < 1.29 is 9.90 Å². The van der Waals surface area contributed by atoms with Gasteiger partial charge in [0.05, 0.1) is 23.4 Å². The van der Waals surface area contributed by atoms with E-state index in [1.54, 1.807) is 23.8 Å². The number of carboxylic acid groups (broad SMARTS) is 1. The lowest BCUT2D eigenvalue weighted by Gasteiger charge is -2.13. The monoisotopic (exact) mass is 269 g/mol. The van der Waals surface area contributed by atoms with E-state index in [0.717, 1.165) is 5.69 Å². The molecule has 0 atom stereocenters. The fraction of sp³-hybridized carbons (Fsp3) is 0.300. The second-order valence-corrected chi connectivity index (χ2v) is 5.25. The number of carboxylic acids is 1. The predicted molar refractivity (Wildman–Crippen MR) is 68.0 cm³/mol. The van der Waals surface area contributed by atoms with Gasteiger partial charge in [-0.05, 0) is 6.92 Å². The molecule has 0 aromatic carbocycles. The number of hydrogen-bond acceptors (Lipinski definition) is 6. The van der Waals surface area contributed by atoms with Gasteiger partial charge < -0.3 is 10.0 Å². The molecule has 7 heteroatoms. The highest BCUT2D eigenvalue weighted by molar-refractivity contribution is 7.17. The minimum Gasteiger partial charge on any atom is -0.477 e. The van der Waals surface area contributed by atoms with Gasteiger partial charge in [-0.15, -0.1) is 11.3 Å². The largest absolute Gasteiger partial charge is 0.477 e. The van der Waals surface area contributed by atoms with Gasteiger partial charge in [-0.1, -0.05) is 11.3 Å². The Kier molecular flexibility index (Phi) is 3.39. The second-order valence-electron chi connectivity index (χ2n) is 3.55. The summed E-state index contributed by atoms with van der Waals surface area (Å²) in [6.07, 6.45) is 0. The molecule has 0 saturated carbocycles. The predicted octanol–water partition coefficient (Wildman–Crippen LogP) is 2.24. The minimum absolute atomic E-state index is 0.296. The first-order chi connectivity index (χ1) is 8.08. The van der Waals surface area contributed by atoms with E-state index in [9.17, 15) is 4.79 Å². The number of anilines is 1. The van der Waals surface area contributed by atoms with Crippen LogP contribution >= 0.6 is 22.7 Å². The van der Waals surface area contributed by atoms with Crippen molar-refractivity contribution in [2.24, 2.45) is 0 Å². The first-order valence-electron chi connectivity index (χ1n) is 4.87. The molecule has 0 radical (unpaired) electrons. The van der Waals surface area contributed by atoms with Crippen LogP contribution in [0.5, 0.6) is 0 Å². The maximum absolute atomic E-state index is 10.9. The first kappa shape index (κ1) is 12.0. The molecule has 0 aliphatic heterocycles. The SMILES string of the molecule is Cc1nc(N(C)Cc2cscn2)sc1C(=O)O. The molecule has 2 heterocycles. The molecule has 0 saturated heterocycles. The lowest BCUT2D eigenvalue weighted by Crippen LogP contribution is -2.16. The van der Waals surface area contributed by atoms with Crippen LogP contribution in [0, 0.1) is 6.92 Å². The number of aryl methyl sites for hydroxylation is 1. The summed E-state index contributed by atoms with van der Waals surface area (Å²) in [5, 5.41) is 11.6. The van der Waals surface area contributed by atoms with Crippen molar-refractivity contribution >= 4 is 33.8 Å². The van der Waals surface area contributed by atoms with Gasteiger partial charge in [0.15, 0.2) is 5.13 Å². The average molecular weight is 269 g/mol. The summed E-state index contributed by atoms with van der Waals surface area (Å²) < 4.78 is 0. The zero-order valence-corrected chi connectivity index (χ0v) is 11.0. The van der Waals surface area contributed by atoms with Gasteiger partial charge in [-0.3, -0.25) is 0 Å². The second kappa shape index (κ2) is 4.80. The van der Waals surface area contributed by atoms with E-state index in [0.29, 0.717) is 22.2 Å². The van der Waals surface area contributed by atoms with Crippen molar-refractivity contribution in [1.29, 1.82) is 0 Å². The van der Waals surface area contributed by atoms with Crippen molar-refractivity contribution in [3.63, 3.8) is 0 Å². The Labute approximate surface area is 106 Å². The van der Waals surface area contributed by atoms with E-state index < -0.39 is 5.97 Å². The molecule has 5 nitrogen and oxygen atoms in total. The van der Waals surface area contributed by atoms with E-state index >= 15 is 0 Å². The van der Waals surface area contributed by atoms with E-state index in [-0.39, 0.29) is 0 Å². The highest BCUT2D eigenvalue weighted by Gasteiger charge is 2.16. The number of rotatable bonds is 4. The van der Waals surface area contributed by atoms with E-state index in [1.807, 2.05) is 17.3 Å². The highest BCUT2D eigenvalue weighted by Crippen LogP contribution is 2.26. The average Bonchev–Trinajstić information content (AvgIpc) is 2.86. The van der Waals surface area contributed by atoms with Gasteiger partial charge in [0.1, 0.15) is 4.88 Å². The van der Waals surface area contributed by atoms with Crippen LogP contribution in [-0.2, 0) is 6.54 Å². The van der Waals surface area contributed by atoms with Crippen molar-refractivity contribution in [3.05, 3.63) is 27.2 Å². The number of hydrogen-bond donors (Lipinski definition) is 1. The van der Waals surface area contributed by atoms with Crippen LogP contribution in [0.3, 0.4) is 0 Å². The summed E-state index contributed by atoms with van der Waals surface area (Å²) in [6.45, 7) is 2.34. The summed E-state index contributed by atoms with van der Waals surface area (Å²) in [5.74, 6) is -0.923. The van der Waals surface area contributed by atoms with E-state index in [2.05, 4.69) is 9.97 Å². The fourth-order valence-electron chi connectivity index (χ4n) is 1.37. The fourth-order valence-corrected chi connectivity index (χ4v) is 2.79. The van der Waals surface area contributed by atoms with Gasteiger partial charge in [-0.2, -0.15) is 0 Å². The minimum atomic E-state index is -0.923. The number of aromatic nitrogens is 2. The molecule has 0 aliphatic carbocycles. The molecule has 2 rings (SSSR count). The van der Waals surface area contributed by atoms with Crippen molar-refractivity contribution in [2.45, 2.75) is 13.5 Å². The van der Waals surface area contributed by atoms with E-state index in [1.165, 1.54) is 11.3 Å². The van der Waals surface area contributed by atoms with Crippen LogP contribution in [0.25, 0.3) is 0 Å². The van der Waals surface area contributed by atoms with Crippen molar-refractivity contribution in [2.75, 3.05) is 11.9 Å². The normalized spacial score (nSPS) is 10.5. The van der Waals surface area contributed by atoms with Crippen molar-refractivity contribution in [3.8, 4) is 0 Å². The molecule has 0 fully saturated rings. The third kappa shape index (κ3) is 2.62. The molecule has 0 aliphatic rings. The standard InChI is InChI=1S/C10H11N3O2S2/c1-6-8(9(14)15)17-10(12-6)13(2)3-7-4-16-5-11-7/h4-5H,3H2,1-2H3,(H,14,15). The van der Waals surface area contributed by atoms with Crippen LogP contribution in [-0.4, -0.2) is 28.1 Å². The van der Waals surface area contributed by atoms with Gasteiger partial charge in [0.2, 0.25) is 0 Å². The Bertz CT molecular complexity index is 522. The molecule has 0 bridgehead atoms. The third-order valence-electron chi connectivity index (χ3n) is 2.19. The Hall–Kier alpha value is -1.47. The Morgan fingerprint density at radius 2 is 2.35 bits per heavy atom. The summed E-state index contributed by atoms with van der Waals surface area (Å²) in [5.41, 5.74) is 3.30. The Balaban J connectivity index is 2.17. The molecule has 0 unspecified atom stereocenters. The zero-order valence-electron chi connectivity index (χ0n) is 9.38. The third-order valence-corrected chi connectivity index (χ3v) is 4.08. The molecular formula is C10H11N3O2S2. The number of nitrogens with zero attached hydrogens (tertiary/aromatic N) is 3. The summed E-state index contributed by atoms with van der Waals surface area (Å²) in [4.78, 5) is 21.5. The summed E-state index contributed by atoms with van der Waals surface area (Å²) in [6, 6.07) is 0. The number of carbonyl (C=O) groups is 1. The summed E-state index contributed by atoms with van der Waals surface area (Å²) >= 11 is 2.73. The zero-order chi connectivity index (χ0) is 12.4. The van der Waals surface area contributed by atoms with Crippen LogP contribution in [0.4, 0.5) is 5.13 Å². The lowest BCUT2D eigenvalue weighted by atomic mass is 10.4. The molecule has 90 valence electrons. The van der Waals surface area contributed by atoms with Crippen molar-refractivity contribution in [1.82, 2.24) is 9.97 Å². The quantitative estimate of drug-likeness (QED) is 0.922. The van der Waals surface area contributed by atoms with Gasteiger partial charge in [0, 0.05) is 12.4 Å². The van der Waals surface area contributed by atoms with Crippen LogP contribution < -0.4 is 4.90 Å². The molecule has 0 spiro atoms. The molecule has 2 aromatic rings. The first-order valence-corrected chi connectivity index (χ1v) is 6.62.